The monoisotopic (exact) mass is 359 g/mol. The lowest BCUT2D eigenvalue weighted by Crippen LogP contribution is -1.98. The minimum absolute atomic E-state index is 0.859. The van der Waals surface area contributed by atoms with Gasteiger partial charge in [0, 0.05) is 31.4 Å². The number of rotatable bonds is 3. The van der Waals surface area contributed by atoms with Crippen LogP contribution in [0.5, 0.6) is 0 Å². The second kappa shape index (κ2) is 5.34. The van der Waals surface area contributed by atoms with Crippen molar-refractivity contribution in [1.82, 2.24) is 0 Å². The maximum absolute atomic E-state index is 3.59. The van der Waals surface area contributed by atoms with Crippen molar-refractivity contribution in [2.45, 2.75) is 13.5 Å². The highest BCUT2D eigenvalue weighted by molar-refractivity contribution is 9.11. The minimum Gasteiger partial charge on any atom is -0.379 e. The summed E-state index contributed by atoms with van der Waals surface area (Å²) in [6, 6.07) is 8.38. The van der Waals surface area contributed by atoms with Gasteiger partial charge < -0.3 is 5.32 Å². The van der Waals surface area contributed by atoms with Crippen LogP contribution in [-0.4, -0.2) is 0 Å². The first-order chi connectivity index (χ1) is 7.66. The number of nitrogens with one attached hydrogen (secondary N) is 1. The molecule has 1 nitrogen and oxygen atoms in total. The van der Waals surface area contributed by atoms with E-state index in [9.17, 15) is 0 Å². The summed E-state index contributed by atoms with van der Waals surface area (Å²) in [5, 5.41) is 5.53. The highest BCUT2D eigenvalue weighted by Crippen LogP contribution is 2.27. The lowest BCUT2D eigenvalue weighted by atomic mass is 10.2. The number of anilines is 1. The second-order valence-electron chi connectivity index (χ2n) is 3.52. The molecule has 0 saturated carbocycles. The van der Waals surface area contributed by atoms with Crippen LogP contribution in [0.3, 0.4) is 0 Å². The predicted molar refractivity (Wildman–Crippen MR) is 78.2 cm³/mol. The molecule has 0 amide bonds. The maximum Gasteiger partial charge on any atom is 0.0494 e. The molecule has 0 aliphatic heterocycles. The van der Waals surface area contributed by atoms with Gasteiger partial charge in [-0.15, -0.1) is 11.3 Å². The molecule has 1 aromatic heterocycles. The van der Waals surface area contributed by atoms with Crippen LogP contribution in [-0.2, 0) is 6.54 Å². The van der Waals surface area contributed by atoms with E-state index in [4.69, 9.17) is 0 Å². The number of halogens is 2. The molecular formula is C12H11Br2NS. The summed E-state index contributed by atoms with van der Waals surface area (Å²) >= 11 is 8.80. The zero-order valence-corrected chi connectivity index (χ0v) is 12.7. The molecule has 16 heavy (non-hydrogen) atoms. The summed E-state index contributed by atoms with van der Waals surface area (Å²) in [6.45, 7) is 2.95. The molecule has 84 valence electrons. The first-order valence-electron chi connectivity index (χ1n) is 4.88. The quantitative estimate of drug-likeness (QED) is 0.793. The molecular weight excluding hydrogens is 350 g/mol. The topological polar surface area (TPSA) is 12.0 Å². The average Bonchev–Trinajstić information content (AvgIpc) is 2.67. The maximum atomic E-state index is 3.59. The Kier molecular flexibility index (Phi) is 4.05. The van der Waals surface area contributed by atoms with Gasteiger partial charge in [-0.3, -0.25) is 0 Å². The number of benzene rings is 1. The van der Waals surface area contributed by atoms with Crippen LogP contribution >= 0.6 is 43.2 Å². The Morgan fingerprint density at radius 3 is 2.81 bits per heavy atom. The molecule has 0 unspecified atom stereocenters. The van der Waals surface area contributed by atoms with Gasteiger partial charge in [0.2, 0.25) is 0 Å². The Balaban J connectivity index is 2.07. The van der Waals surface area contributed by atoms with Gasteiger partial charge in [0.25, 0.3) is 0 Å². The summed E-state index contributed by atoms with van der Waals surface area (Å²) in [6.07, 6.45) is 0. The SMILES string of the molecule is Cc1cccc(NCc2cc(Br)cs2)c1Br. The van der Waals surface area contributed by atoms with Gasteiger partial charge in [0.1, 0.15) is 0 Å². The normalized spacial score (nSPS) is 10.4. The Morgan fingerprint density at radius 1 is 1.31 bits per heavy atom. The van der Waals surface area contributed by atoms with E-state index in [-0.39, 0.29) is 0 Å². The Hall–Kier alpha value is -0.320. The van der Waals surface area contributed by atoms with Crippen LogP contribution in [0, 0.1) is 6.92 Å². The second-order valence-corrected chi connectivity index (χ2v) is 6.23. The van der Waals surface area contributed by atoms with Gasteiger partial charge in [-0.1, -0.05) is 12.1 Å². The van der Waals surface area contributed by atoms with Crippen molar-refractivity contribution >= 4 is 48.9 Å². The Bertz CT molecular complexity index is 494. The zero-order chi connectivity index (χ0) is 11.5. The highest BCUT2D eigenvalue weighted by Gasteiger charge is 2.02. The third-order valence-corrected chi connectivity index (χ3v) is 5.02. The van der Waals surface area contributed by atoms with E-state index in [1.807, 2.05) is 0 Å². The standard InChI is InChI=1S/C12H11Br2NS/c1-8-3-2-4-11(12(8)14)15-6-10-5-9(13)7-16-10/h2-5,7,15H,6H2,1H3. The number of thiophene rings is 1. The van der Waals surface area contributed by atoms with Crippen molar-refractivity contribution in [3.63, 3.8) is 0 Å². The third-order valence-electron chi connectivity index (χ3n) is 2.27. The van der Waals surface area contributed by atoms with Crippen LogP contribution in [0.4, 0.5) is 5.69 Å². The van der Waals surface area contributed by atoms with Crippen LogP contribution in [0.2, 0.25) is 0 Å². The van der Waals surface area contributed by atoms with E-state index in [1.165, 1.54) is 10.4 Å². The van der Waals surface area contributed by atoms with E-state index in [0.29, 0.717) is 0 Å². The zero-order valence-electron chi connectivity index (χ0n) is 8.76. The fourth-order valence-electron chi connectivity index (χ4n) is 1.41. The molecule has 0 saturated heterocycles. The summed E-state index contributed by atoms with van der Waals surface area (Å²) in [5.74, 6) is 0. The van der Waals surface area contributed by atoms with Crippen LogP contribution in [0.1, 0.15) is 10.4 Å². The molecule has 0 bridgehead atoms. The van der Waals surface area contributed by atoms with E-state index < -0.39 is 0 Å². The molecule has 0 aliphatic rings. The Morgan fingerprint density at radius 2 is 2.12 bits per heavy atom. The van der Waals surface area contributed by atoms with Gasteiger partial charge in [-0.25, -0.2) is 0 Å². The van der Waals surface area contributed by atoms with Gasteiger partial charge in [-0.05, 0) is 56.5 Å². The summed E-state index contributed by atoms with van der Waals surface area (Å²) in [5.41, 5.74) is 2.39. The van der Waals surface area contributed by atoms with Crippen LogP contribution < -0.4 is 5.32 Å². The summed E-state index contributed by atoms with van der Waals surface area (Å²) in [7, 11) is 0. The molecule has 2 rings (SSSR count). The average molecular weight is 361 g/mol. The fourth-order valence-corrected chi connectivity index (χ4v) is 3.21. The molecule has 0 radical (unpaired) electrons. The van der Waals surface area contributed by atoms with Crippen LogP contribution in [0.25, 0.3) is 0 Å². The van der Waals surface area contributed by atoms with Crippen molar-refractivity contribution in [2.24, 2.45) is 0 Å². The molecule has 0 spiro atoms. The predicted octanol–water partition coefficient (Wildman–Crippen LogP) is 5.19. The summed E-state index contributed by atoms with van der Waals surface area (Å²) in [4.78, 5) is 1.32. The van der Waals surface area contributed by atoms with Crippen molar-refractivity contribution < 1.29 is 0 Å². The third kappa shape index (κ3) is 2.87. The molecule has 0 fully saturated rings. The van der Waals surface area contributed by atoms with Gasteiger partial charge >= 0.3 is 0 Å². The Labute approximate surface area is 116 Å². The minimum atomic E-state index is 0.859. The molecule has 0 atom stereocenters. The molecule has 1 N–H and O–H groups in total. The first kappa shape index (κ1) is 12.1. The van der Waals surface area contributed by atoms with Gasteiger partial charge in [-0.2, -0.15) is 0 Å². The first-order valence-corrected chi connectivity index (χ1v) is 7.35. The van der Waals surface area contributed by atoms with Crippen molar-refractivity contribution in [2.75, 3.05) is 5.32 Å². The fraction of sp³-hybridized carbons (Fsp3) is 0.167. The largest absolute Gasteiger partial charge is 0.379 e. The molecule has 4 heteroatoms. The molecule has 2 aromatic rings. The van der Waals surface area contributed by atoms with Gasteiger partial charge in [0.05, 0.1) is 0 Å². The summed E-state index contributed by atoms with van der Waals surface area (Å²) < 4.78 is 2.29. The van der Waals surface area contributed by atoms with Crippen molar-refractivity contribution in [3.05, 3.63) is 49.0 Å². The molecule has 1 heterocycles. The van der Waals surface area contributed by atoms with Crippen molar-refractivity contribution in [3.8, 4) is 0 Å². The van der Waals surface area contributed by atoms with E-state index in [0.717, 1.165) is 21.2 Å². The van der Waals surface area contributed by atoms with E-state index in [2.05, 4.69) is 73.7 Å². The van der Waals surface area contributed by atoms with Crippen LogP contribution in [0.15, 0.2) is 38.6 Å². The van der Waals surface area contributed by atoms with E-state index in [1.54, 1.807) is 11.3 Å². The number of hydrogen-bond acceptors (Lipinski definition) is 2. The van der Waals surface area contributed by atoms with Gasteiger partial charge in [0.15, 0.2) is 0 Å². The molecule has 0 aliphatic carbocycles. The molecule has 1 aromatic carbocycles. The lowest BCUT2D eigenvalue weighted by Gasteiger charge is -2.08. The number of hydrogen-bond donors (Lipinski definition) is 1. The smallest absolute Gasteiger partial charge is 0.0494 e. The van der Waals surface area contributed by atoms with Crippen molar-refractivity contribution in [1.29, 1.82) is 0 Å². The van der Waals surface area contributed by atoms with E-state index >= 15 is 0 Å². The highest BCUT2D eigenvalue weighted by atomic mass is 79.9. The lowest BCUT2D eigenvalue weighted by molar-refractivity contribution is 1.18. The number of aryl methyl sites for hydroxylation is 1.